The molecule has 4 rings (SSSR count). The van der Waals surface area contributed by atoms with Gasteiger partial charge in [0.15, 0.2) is 0 Å². The minimum Gasteiger partial charge on any atom is -0.497 e. The number of hydrogen-bond donors (Lipinski definition) is 0. The number of amides is 2. The van der Waals surface area contributed by atoms with Crippen molar-refractivity contribution in [2.24, 2.45) is 4.99 Å². The molecule has 2 aromatic carbocycles. The topological polar surface area (TPSA) is 121 Å². The number of carbonyl (C=O) groups is 3. The number of thiazole rings is 1. The van der Waals surface area contributed by atoms with E-state index < -0.39 is 28.2 Å². The molecule has 0 fully saturated rings. The van der Waals surface area contributed by atoms with Gasteiger partial charge >= 0.3 is 12.1 Å². The lowest BCUT2D eigenvalue weighted by atomic mass is 10.1. The lowest BCUT2D eigenvalue weighted by molar-refractivity contribution is -0.257. The van der Waals surface area contributed by atoms with Crippen molar-refractivity contribution in [3.05, 3.63) is 76.9 Å². The number of aliphatic imine (C=N–C) groups is 1. The zero-order valence-corrected chi connectivity index (χ0v) is 23.7. The number of hydrogen-bond acceptors (Lipinski definition) is 9. The predicted molar refractivity (Wildman–Crippen MR) is 151 cm³/mol. The van der Waals surface area contributed by atoms with Crippen LogP contribution in [-0.4, -0.2) is 53.1 Å². The molecule has 0 saturated carbocycles. The molecule has 1 aromatic heterocycles. The second kappa shape index (κ2) is 11.4. The molecule has 1 aliphatic heterocycles. The van der Waals surface area contributed by atoms with E-state index in [2.05, 4.69) is 9.98 Å². The van der Waals surface area contributed by atoms with Crippen molar-refractivity contribution in [3.8, 4) is 17.0 Å². The van der Waals surface area contributed by atoms with Crippen LogP contribution in [0.5, 0.6) is 5.75 Å². The first-order valence-electron chi connectivity index (χ1n) is 12.5. The number of aromatic nitrogens is 1. The summed E-state index contributed by atoms with van der Waals surface area (Å²) in [4.78, 5) is 47.7. The van der Waals surface area contributed by atoms with E-state index in [0.29, 0.717) is 11.3 Å². The Hall–Kier alpha value is -4.35. The summed E-state index contributed by atoms with van der Waals surface area (Å²) in [5.74, 6) is -0.0560. The zero-order valence-electron chi connectivity index (χ0n) is 22.9. The maximum Gasteiger partial charge on any atom is 0.410 e. The minimum atomic E-state index is -1.41. The molecule has 3 aromatic rings. The van der Waals surface area contributed by atoms with E-state index in [1.54, 1.807) is 46.0 Å². The molecular formula is C29H30N4O6S. The summed E-state index contributed by atoms with van der Waals surface area (Å²) in [6, 6.07) is 13.1. The Bertz CT molecular complexity index is 1490. The second-order valence-electron chi connectivity index (χ2n) is 10.2. The summed E-state index contributed by atoms with van der Waals surface area (Å²) in [6.45, 7) is 7.39. The third-order valence-corrected chi connectivity index (χ3v) is 6.83. The Morgan fingerprint density at radius 2 is 1.82 bits per heavy atom. The molecule has 10 nitrogen and oxygen atoms in total. The van der Waals surface area contributed by atoms with Gasteiger partial charge < -0.3 is 24.3 Å². The first kappa shape index (κ1) is 28.7. The fraction of sp³-hybridized carbons (Fsp3) is 0.276. The van der Waals surface area contributed by atoms with E-state index in [1.807, 2.05) is 18.4 Å². The van der Waals surface area contributed by atoms with Gasteiger partial charge in [0, 0.05) is 36.7 Å². The molecule has 0 saturated heterocycles. The molecule has 0 bridgehead atoms. The van der Waals surface area contributed by atoms with Gasteiger partial charge in [0.25, 0.3) is 6.09 Å². The number of quaternary nitrogens is 1. The number of ether oxygens (including phenoxy) is 2. The monoisotopic (exact) mass is 562 g/mol. The Balaban J connectivity index is 1.47. The minimum absolute atomic E-state index is 0.155. The van der Waals surface area contributed by atoms with Crippen molar-refractivity contribution in [2.45, 2.75) is 39.7 Å². The van der Waals surface area contributed by atoms with E-state index >= 15 is 0 Å². The fourth-order valence-electron chi connectivity index (χ4n) is 4.06. The number of nitrogens with zero attached hydrogens (tertiary/aromatic N) is 4. The SMILES string of the molecule is Cc1nc(-c2cccc(C(=O)Oc3ccc([N+]4(C(=O)[O-])C=CN=C4CCN(C)C(=O)OC(C)(C)C)cc3)c2)cs1. The summed E-state index contributed by atoms with van der Waals surface area (Å²) in [5, 5.41) is 15.3. The van der Waals surface area contributed by atoms with Gasteiger partial charge in [-0.2, -0.15) is 4.48 Å². The molecule has 0 radical (unpaired) electrons. The van der Waals surface area contributed by atoms with E-state index in [1.165, 1.54) is 52.9 Å². The quantitative estimate of drug-likeness (QED) is 0.222. The smallest absolute Gasteiger partial charge is 0.410 e. The number of aryl methyl sites for hydroxylation is 1. The van der Waals surface area contributed by atoms with Gasteiger partial charge in [-0.3, -0.25) is 0 Å². The predicted octanol–water partition coefficient (Wildman–Crippen LogP) is 5.13. The molecule has 0 spiro atoms. The molecule has 2 amide bonds. The Labute approximate surface area is 236 Å². The van der Waals surface area contributed by atoms with Crippen LogP contribution < -0.4 is 14.3 Å². The lowest BCUT2D eigenvalue weighted by Crippen LogP contribution is -2.59. The van der Waals surface area contributed by atoms with Gasteiger partial charge in [-0.15, -0.1) is 11.3 Å². The van der Waals surface area contributed by atoms with E-state index in [4.69, 9.17) is 9.47 Å². The van der Waals surface area contributed by atoms with Crippen LogP contribution in [-0.2, 0) is 4.74 Å². The van der Waals surface area contributed by atoms with Crippen LogP contribution in [0.25, 0.3) is 11.3 Å². The van der Waals surface area contributed by atoms with Crippen LogP contribution in [0.1, 0.15) is 42.6 Å². The summed E-state index contributed by atoms with van der Waals surface area (Å²) >= 11 is 1.53. The van der Waals surface area contributed by atoms with Gasteiger partial charge in [0.1, 0.15) is 23.2 Å². The summed E-state index contributed by atoms with van der Waals surface area (Å²) in [5.41, 5.74) is 1.62. The van der Waals surface area contributed by atoms with Gasteiger partial charge in [-0.25, -0.2) is 19.6 Å². The van der Waals surface area contributed by atoms with Crippen molar-refractivity contribution >= 4 is 41.0 Å². The molecule has 208 valence electrons. The Morgan fingerprint density at radius 1 is 1.10 bits per heavy atom. The Kier molecular flexibility index (Phi) is 8.17. The molecule has 1 aliphatic rings. The van der Waals surface area contributed by atoms with Crippen LogP contribution in [0.3, 0.4) is 0 Å². The lowest BCUT2D eigenvalue weighted by Gasteiger charge is -2.32. The van der Waals surface area contributed by atoms with Crippen LogP contribution in [0.15, 0.2) is 71.3 Å². The second-order valence-corrected chi connectivity index (χ2v) is 11.3. The first-order valence-corrected chi connectivity index (χ1v) is 13.4. The number of carboxylic acid groups (broad SMARTS) is 1. The van der Waals surface area contributed by atoms with Gasteiger partial charge in [0.05, 0.1) is 28.9 Å². The molecule has 0 N–H and O–H groups in total. The zero-order chi connectivity index (χ0) is 29.1. The average molecular weight is 563 g/mol. The van der Waals surface area contributed by atoms with Crippen LogP contribution in [0, 0.1) is 6.92 Å². The fourth-order valence-corrected chi connectivity index (χ4v) is 4.68. The third-order valence-electron chi connectivity index (χ3n) is 6.05. The van der Waals surface area contributed by atoms with Crippen molar-refractivity contribution in [3.63, 3.8) is 0 Å². The first-order chi connectivity index (χ1) is 18.9. The molecule has 2 heterocycles. The van der Waals surface area contributed by atoms with Crippen molar-refractivity contribution in [1.82, 2.24) is 14.4 Å². The molecular weight excluding hydrogens is 532 g/mol. The third kappa shape index (κ3) is 6.27. The average Bonchev–Trinajstić information content (AvgIpc) is 3.54. The summed E-state index contributed by atoms with van der Waals surface area (Å²) < 4.78 is 10.1. The number of benzene rings is 2. The summed E-state index contributed by atoms with van der Waals surface area (Å²) in [7, 11) is 1.57. The van der Waals surface area contributed by atoms with E-state index in [0.717, 1.165) is 16.3 Å². The highest BCUT2D eigenvalue weighted by atomic mass is 32.1. The molecule has 1 unspecified atom stereocenters. The molecule has 11 heteroatoms. The van der Waals surface area contributed by atoms with Gasteiger partial charge in [-0.05, 0) is 52.0 Å². The maximum absolute atomic E-state index is 12.8. The van der Waals surface area contributed by atoms with Gasteiger partial charge in [-0.1, -0.05) is 12.1 Å². The number of amidine groups is 1. The normalized spacial score (nSPS) is 16.4. The number of esters is 1. The van der Waals surface area contributed by atoms with Gasteiger partial charge in [0.2, 0.25) is 5.84 Å². The van der Waals surface area contributed by atoms with Crippen LogP contribution >= 0.6 is 11.3 Å². The van der Waals surface area contributed by atoms with Crippen LogP contribution in [0.4, 0.5) is 15.3 Å². The van der Waals surface area contributed by atoms with Crippen molar-refractivity contribution in [1.29, 1.82) is 0 Å². The molecule has 1 atom stereocenters. The maximum atomic E-state index is 12.8. The van der Waals surface area contributed by atoms with E-state index in [-0.39, 0.29) is 24.6 Å². The van der Waals surface area contributed by atoms with Crippen molar-refractivity contribution in [2.75, 3.05) is 13.6 Å². The Morgan fingerprint density at radius 3 is 2.45 bits per heavy atom. The number of rotatable bonds is 7. The number of carbonyl (C=O) groups excluding carboxylic acids is 3. The highest BCUT2D eigenvalue weighted by molar-refractivity contribution is 7.09. The largest absolute Gasteiger partial charge is 0.497 e. The molecule has 40 heavy (non-hydrogen) atoms. The standard InChI is InChI=1S/C29H30N4O6S/c1-19-31-24(18-40-19)20-7-6-8-21(17-20)26(34)38-23-11-9-22(10-12-23)33(28(36)37)16-14-30-25(33)13-15-32(5)27(35)39-29(2,3)4/h6-12,14,16-18H,13,15H2,1-5H3. The molecule has 0 aliphatic carbocycles. The van der Waals surface area contributed by atoms with E-state index in [9.17, 15) is 19.5 Å². The van der Waals surface area contributed by atoms with Crippen LogP contribution in [0.2, 0.25) is 0 Å². The summed E-state index contributed by atoms with van der Waals surface area (Å²) in [6.07, 6.45) is 1.01. The van der Waals surface area contributed by atoms with Crippen molar-refractivity contribution < 1.29 is 29.0 Å². The highest BCUT2D eigenvalue weighted by Crippen LogP contribution is 2.32. The highest BCUT2D eigenvalue weighted by Gasteiger charge is 2.41.